The smallest absolute Gasteiger partial charge is 0.105 e. The van der Waals surface area contributed by atoms with E-state index in [1.165, 1.54) is 5.56 Å². The van der Waals surface area contributed by atoms with E-state index in [-0.39, 0.29) is 4.83 Å². The predicted molar refractivity (Wildman–Crippen MR) is 60.9 cm³/mol. The zero-order chi connectivity index (χ0) is 9.84. The van der Waals surface area contributed by atoms with Crippen LogP contribution < -0.4 is 0 Å². The Kier molecular flexibility index (Phi) is 3.95. The van der Waals surface area contributed by atoms with Gasteiger partial charge in [0.25, 0.3) is 0 Å². The average Bonchev–Trinajstić information content (AvgIpc) is 2.09. The summed E-state index contributed by atoms with van der Waals surface area (Å²) >= 11 is 6.76. The van der Waals surface area contributed by atoms with Crippen molar-refractivity contribution in [1.29, 1.82) is 5.26 Å². The summed E-state index contributed by atoms with van der Waals surface area (Å²) in [6.45, 7) is 2.05. The quantitative estimate of drug-likeness (QED) is 0.766. The molecule has 0 spiro atoms. The molecule has 0 bridgehead atoms. The first-order valence-electron chi connectivity index (χ1n) is 3.92. The molecular formula is C10H9Br2N. The molecule has 0 aliphatic carbocycles. The molecule has 0 saturated carbocycles. The Balaban J connectivity index is 2.85. The summed E-state index contributed by atoms with van der Waals surface area (Å²) in [5.41, 5.74) is 2.38. The number of rotatable bonds is 2. The molecule has 3 heteroatoms. The van der Waals surface area contributed by atoms with Crippen LogP contribution in [0.4, 0.5) is 0 Å². The highest BCUT2D eigenvalue weighted by molar-refractivity contribution is 9.10. The lowest BCUT2D eigenvalue weighted by Gasteiger charge is -2.05. The Morgan fingerprint density at radius 2 is 2.23 bits per heavy atom. The van der Waals surface area contributed by atoms with Gasteiger partial charge in [-0.3, -0.25) is 0 Å². The highest BCUT2D eigenvalue weighted by atomic mass is 79.9. The van der Waals surface area contributed by atoms with E-state index < -0.39 is 0 Å². The number of hydrogen-bond donors (Lipinski definition) is 0. The van der Waals surface area contributed by atoms with Gasteiger partial charge in [-0.1, -0.05) is 44.0 Å². The van der Waals surface area contributed by atoms with Gasteiger partial charge in [0, 0.05) is 4.47 Å². The first-order chi connectivity index (χ1) is 6.13. The fourth-order valence-corrected chi connectivity index (χ4v) is 2.06. The SMILES string of the molecule is Cc1ccc(CC(Br)C#N)c(Br)c1. The molecule has 0 fully saturated rings. The van der Waals surface area contributed by atoms with Crippen LogP contribution in [0.2, 0.25) is 0 Å². The third-order valence-corrected chi connectivity index (χ3v) is 3.01. The molecular weight excluding hydrogens is 294 g/mol. The minimum absolute atomic E-state index is 0.105. The maximum atomic E-state index is 8.63. The van der Waals surface area contributed by atoms with E-state index >= 15 is 0 Å². The zero-order valence-corrected chi connectivity index (χ0v) is 10.4. The van der Waals surface area contributed by atoms with Gasteiger partial charge in [0.1, 0.15) is 4.83 Å². The van der Waals surface area contributed by atoms with Gasteiger partial charge in [0.05, 0.1) is 6.07 Å². The topological polar surface area (TPSA) is 23.8 Å². The van der Waals surface area contributed by atoms with Gasteiger partial charge in [-0.2, -0.15) is 5.26 Å². The van der Waals surface area contributed by atoms with Crippen LogP contribution in [0.15, 0.2) is 22.7 Å². The minimum Gasteiger partial charge on any atom is -0.197 e. The molecule has 0 saturated heterocycles. The fourth-order valence-electron chi connectivity index (χ4n) is 1.06. The van der Waals surface area contributed by atoms with Crippen LogP contribution in [0.1, 0.15) is 11.1 Å². The van der Waals surface area contributed by atoms with Gasteiger partial charge < -0.3 is 0 Å². The lowest BCUT2D eigenvalue weighted by Crippen LogP contribution is -1.99. The molecule has 1 unspecified atom stereocenters. The second kappa shape index (κ2) is 4.78. The first kappa shape index (κ1) is 10.7. The van der Waals surface area contributed by atoms with Crippen molar-refractivity contribution in [2.45, 2.75) is 18.2 Å². The summed E-state index contributed by atoms with van der Waals surface area (Å²) in [5.74, 6) is 0. The van der Waals surface area contributed by atoms with Gasteiger partial charge in [0.15, 0.2) is 0 Å². The van der Waals surface area contributed by atoms with E-state index in [0.29, 0.717) is 0 Å². The number of nitriles is 1. The highest BCUT2D eigenvalue weighted by Crippen LogP contribution is 2.21. The number of aryl methyl sites for hydroxylation is 1. The standard InChI is InChI=1S/C10H9Br2N/c1-7-2-3-8(10(12)4-7)5-9(11)6-13/h2-4,9H,5H2,1H3. The van der Waals surface area contributed by atoms with Crippen molar-refractivity contribution < 1.29 is 0 Å². The molecule has 1 atom stereocenters. The van der Waals surface area contributed by atoms with Crippen molar-refractivity contribution in [3.8, 4) is 6.07 Å². The third-order valence-electron chi connectivity index (χ3n) is 1.75. The Hall–Kier alpha value is -0.330. The molecule has 1 aromatic rings. The minimum atomic E-state index is -0.105. The summed E-state index contributed by atoms with van der Waals surface area (Å²) in [6.07, 6.45) is 0.733. The average molecular weight is 303 g/mol. The van der Waals surface area contributed by atoms with Crippen molar-refractivity contribution in [2.24, 2.45) is 0 Å². The lowest BCUT2D eigenvalue weighted by molar-refractivity contribution is 1.03. The largest absolute Gasteiger partial charge is 0.197 e. The van der Waals surface area contributed by atoms with Crippen molar-refractivity contribution in [3.63, 3.8) is 0 Å². The van der Waals surface area contributed by atoms with E-state index in [9.17, 15) is 0 Å². The molecule has 0 aliphatic heterocycles. The van der Waals surface area contributed by atoms with Gasteiger partial charge in [-0.05, 0) is 30.5 Å². The van der Waals surface area contributed by atoms with Crippen molar-refractivity contribution in [3.05, 3.63) is 33.8 Å². The molecule has 0 aromatic heterocycles. The van der Waals surface area contributed by atoms with Crippen LogP contribution in [-0.4, -0.2) is 4.83 Å². The molecule has 0 heterocycles. The van der Waals surface area contributed by atoms with Gasteiger partial charge in [0.2, 0.25) is 0 Å². The molecule has 0 aliphatic rings. The molecule has 0 N–H and O–H groups in total. The summed E-state index contributed by atoms with van der Waals surface area (Å²) in [4.78, 5) is -0.105. The van der Waals surface area contributed by atoms with Crippen LogP contribution in [0.5, 0.6) is 0 Å². The Labute approximate surface area is 95.0 Å². The third kappa shape index (κ3) is 3.13. The fraction of sp³-hybridized carbons (Fsp3) is 0.300. The van der Waals surface area contributed by atoms with Gasteiger partial charge in [-0.15, -0.1) is 0 Å². The van der Waals surface area contributed by atoms with E-state index in [2.05, 4.69) is 50.1 Å². The van der Waals surface area contributed by atoms with Crippen LogP contribution in [-0.2, 0) is 6.42 Å². The van der Waals surface area contributed by atoms with Crippen LogP contribution >= 0.6 is 31.9 Å². The summed E-state index contributed by atoms with van der Waals surface area (Å²) in [6, 6.07) is 8.31. The molecule has 13 heavy (non-hydrogen) atoms. The predicted octanol–water partition coefficient (Wildman–Crippen LogP) is 3.59. The van der Waals surface area contributed by atoms with E-state index in [1.807, 2.05) is 13.0 Å². The van der Waals surface area contributed by atoms with Crippen molar-refractivity contribution in [2.75, 3.05) is 0 Å². The highest BCUT2D eigenvalue weighted by Gasteiger charge is 2.06. The summed E-state index contributed by atoms with van der Waals surface area (Å²) in [7, 11) is 0. The van der Waals surface area contributed by atoms with E-state index in [1.54, 1.807) is 0 Å². The second-order valence-electron chi connectivity index (χ2n) is 2.90. The lowest BCUT2D eigenvalue weighted by atomic mass is 10.1. The zero-order valence-electron chi connectivity index (χ0n) is 7.22. The second-order valence-corrected chi connectivity index (χ2v) is 4.86. The Morgan fingerprint density at radius 3 is 2.77 bits per heavy atom. The van der Waals surface area contributed by atoms with E-state index in [0.717, 1.165) is 16.5 Å². The molecule has 1 rings (SSSR count). The maximum Gasteiger partial charge on any atom is 0.105 e. The van der Waals surface area contributed by atoms with Crippen molar-refractivity contribution in [1.82, 2.24) is 0 Å². The normalized spacial score (nSPS) is 12.2. The summed E-state index contributed by atoms with van der Waals surface area (Å²) in [5, 5.41) is 8.63. The van der Waals surface area contributed by atoms with Crippen LogP contribution in [0.25, 0.3) is 0 Å². The Bertz CT molecular complexity index is 341. The summed E-state index contributed by atoms with van der Waals surface area (Å²) < 4.78 is 1.08. The van der Waals surface area contributed by atoms with Crippen LogP contribution in [0, 0.1) is 18.3 Å². The number of alkyl halides is 1. The maximum absolute atomic E-state index is 8.63. The molecule has 0 amide bonds. The molecule has 1 nitrogen and oxygen atoms in total. The number of hydrogen-bond acceptors (Lipinski definition) is 1. The van der Waals surface area contributed by atoms with Crippen molar-refractivity contribution >= 4 is 31.9 Å². The molecule has 68 valence electrons. The first-order valence-corrected chi connectivity index (χ1v) is 5.63. The molecule has 1 aromatic carbocycles. The van der Waals surface area contributed by atoms with Gasteiger partial charge >= 0.3 is 0 Å². The monoisotopic (exact) mass is 301 g/mol. The Morgan fingerprint density at radius 1 is 1.54 bits per heavy atom. The number of nitrogens with zero attached hydrogens (tertiary/aromatic N) is 1. The van der Waals surface area contributed by atoms with Crippen LogP contribution in [0.3, 0.4) is 0 Å². The van der Waals surface area contributed by atoms with Gasteiger partial charge in [-0.25, -0.2) is 0 Å². The molecule has 0 radical (unpaired) electrons. The van der Waals surface area contributed by atoms with E-state index in [4.69, 9.17) is 5.26 Å². The number of halogens is 2. The number of benzene rings is 1.